The maximum atomic E-state index is 12.4. The van der Waals surface area contributed by atoms with Gasteiger partial charge in [0, 0.05) is 16.1 Å². The molecule has 1 heterocycles. The average Bonchev–Trinajstić information content (AvgIpc) is 2.70. The predicted molar refractivity (Wildman–Crippen MR) is 88.9 cm³/mol. The van der Waals surface area contributed by atoms with E-state index in [-0.39, 0.29) is 11.9 Å². The Morgan fingerprint density at radius 2 is 1.95 bits per heavy atom. The van der Waals surface area contributed by atoms with Gasteiger partial charge in [-0.3, -0.25) is 9.48 Å². The van der Waals surface area contributed by atoms with Crippen LogP contribution in [0.15, 0.2) is 22.7 Å². The molecule has 0 radical (unpaired) electrons. The van der Waals surface area contributed by atoms with Gasteiger partial charge in [-0.05, 0) is 58.4 Å². The van der Waals surface area contributed by atoms with E-state index in [1.807, 2.05) is 43.7 Å². The summed E-state index contributed by atoms with van der Waals surface area (Å²) in [6, 6.07) is 5.84. The number of anilines is 1. The summed E-state index contributed by atoms with van der Waals surface area (Å²) < 4.78 is 2.93. The largest absolute Gasteiger partial charge is 0.319 e. The van der Waals surface area contributed by atoms with Crippen molar-refractivity contribution in [3.8, 4) is 0 Å². The summed E-state index contributed by atoms with van der Waals surface area (Å²) in [6.07, 6.45) is 0. The van der Waals surface area contributed by atoms with E-state index in [2.05, 4.69) is 40.2 Å². The smallest absolute Gasteiger partial charge is 0.255 e. The van der Waals surface area contributed by atoms with Crippen LogP contribution in [0, 0.1) is 20.8 Å². The summed E-state index contributed by atoms with van der Waals surface area (Å²) in [5.74, 6) is -0.111. The molecule has 1 amide bonds. The normalized spacial score (nSPS) is 11.0. The van der Waals surface area contributed by atoms with Crippen molar-refractivity contribution in [2.24, 2.45) is 0 Å². The van der Waals surface area contributed by atoms with Gasteiger partial charge >= 0.3 is 0 Å². The standard InChI is InChI=1S/C16H20BrN3O/c1-9(2)20-12(5)15(11(4)19-20)18-16(21)13-6-7-14(17)10(3)8-13/h6-9H,1-5H3,(H,18,21). The second-order valence-corrected chi connectivity index (χ2v) is 6.36. The summed E-state index contributed by atoms with van der Waals surface area (Å²) in [5.41, 5.74) is 4.29. The van der Waals surface area contributed by atoms with Gasteiger partial charge in [0.1, 0.15) is 0 Å². The highest BCUT2D eigenvalue weighted by atomic mass is 79.9. The SMILES string of the molecule is Cc1cc(C(=O)Nc2c(C)nn(C(C)C)c2C)ccc1Br. The Bertz CT molecular complexity index is 689. The van der Waals surface area contributed by atoms with Crippen LogP contribution in [-0.2, 0) is 0 Å². The van der Waals surface area contributed by atoms with E-state index in [4.69, 9.17) is 0 Å². The Morgan fingerprint density at radius 1 is 1.29 bits per heavy atom. The van der Waals surface area contributed by atoms with Crippen LogP contribution >= 0.6 is 15.9 Å². The molecule has 1 aromatic carbocycles. The van der Waals surface area contributed by atoms with Crippen LogP contribution < -0.4 is 5.32 Å². The maximum Gasteiger partial charge on any atom is 0.255 e. The van der Waals surface area contributed by atoms with Crippen LogP contribution in [0.2, 0.25) is 0 Å². The van der Waals surface area contributed by atoms with Crippen LogP contribution in [-0.4, -0.2) is 15.7 Å². The van der Waals surface area contributed by atoms with E-state index in [1.165, 1.54) is 0 Å². The number of nitrogens with one attached hydrogen (secondary N) is 1. The second kappa shape index (κ2) is 6.02. The van der Waals surface area contributed by atoms with Crippen molar-refractivity contribution >= 4 is 27.5 Å². The fourth-order valence-electron chi connectivity index (χ4n) is 2.32. The van der Waals surface area contributed by atoms with Crippen molar-refractivity contribution in [3.05, 3.63) is 45.2 Å². The van der Waals surface area contributed by atoms with E-state index in [9.17, 15) is 4.79 Å². The van der Waals surface area contributed by atoms with Gasteiger partial charge < -0.3 is 5.32 Å². The topological polar surface area (TPSA) is 46.9 Å². The minimum atomic E-state index is -0.111. The lowest BCUT2D eigenvalue weighted by molar-refractivity contribution is 0.102. The summed E-state index contributed by atoms with van der Waals surface area (Å²) in [6.45, 7) is 10.00. The zero-order chi connectivity index (χ0) is 15.7. The number of benzene rings is 1. The minimum absolute atomic E-state index is 0.111. The highest BCUT2D eigenvalue weighted by Crippen LogP contribution is 2.24. The molecule has 2 rings (SSSR count). The van der Waals surface area contributed by atoms with Crippen molar-refractivity contribution in [3.63, 3.8) is 0 Å². The number of rotatable bonds is 3. The van der Waals surface area contributed by atoms with Crippen molar-refractivity contribution < 1.29 is 4.79 Å². The van der Waals surface area contributed by atoms with Gasteiger partial charge in [0.25, 0.3) is 5.91 Å². The monoisotopic (exact) mass is 349 g/mol. The molecule has 0 saturated carbocycles. The van der Waals surface area contributed by atoms with Crippen molar-refractivity contribution in [2.45, 2.75) is 40.7 Å². The third-order valence-electron chi connectivity index (χ3n) is 3.47. The van der Waals surface area contributed by atoms with E-state index < -0.39 is 0 Å². The van der Waals surface area contributed by atoms with E-state index in [0.717, 1.165) is 27.1 Å². The number of halogens is 1. The van der Waals surface area contributed by atoms with Gasteiger partial charge in [-0.2, -0.15) is 5.10 Å². The molecule has 0 saturated heterocycles. The number of nitrogens with zero attached hydrogens (tertiary/aromatic N) is 2. The van der Waals surface area contributed by atoms with Crippen LogP contribution in [0.4, 0.5) is 5.69 Å². The Morgan fingerprint density at radius 3 is 2.48 bits per heavy atom. The van der Waals surface area contributed by atoms with Gasteiger partial charge in [0.05, 0.1) is 17.1 Å². The number of aryl methyl sites for hydroxylation is 2. The van der Waals surface area contributed by atoms with Crippen LogP contribution in [0.5, 0.6) is 0 Å². The highest BCUT2D eigenvalue weighted by molar-refractivity contribution is 9.10. The molecule has 0 atom stereocenters. The molecule has 0 spiro atoms. The van der Waals surface area contributed by atoms with Crippen LogP contribution in [0.1, 0.15) is 47.2 Å². The zero-order valence-corrected chi connectivity index (χ0v) is 14.6. The molecule has 1 N–H and O–H groups in total. The first-order valence-corrected chi connectivity index (χ1v) is 7.73. The van der Waals surface area contributed by atoms with Gasteiger partial charge in [0.15, 0.2) is 0 Å². The minimum Gasteiger partial charge on any atom is -0.319 e. The quantitative estimate of drug-likeness (QED) is 0.892. The molecule has 0 unspecified atom stereocenters. The molecule has 5 heteroatoms. The molecule has 0 bridgehead atoms. The molecular formula is C16H20BrN3O. The van der Waals surface area contributed by atoms with E-state index in [0.29, 0.717) is 5.56 Å². The second-order valence-electron chi connectivity index (χ2n) is 5.50. The molecular weight excluding hydrogens is 330 g/mol. The first-order valence-electron chi connectivity index (χ1n) is 6.94. The maximum absolute atomic E-state index is 12.4. The van der Waals surface area contributed by atoms with Gasteiger partial charge in [-0.1, -0.05) is 15.9 Å². The highest BCUT2D eigenvalue weighted by Gasteiger charge is 2.16. The molecule has 112 valence electrons. The number of hydrogen-bond donors (Lipinski definition) is 1. The number of carbonyl (C=O) groups excluding carboxylic acids is 1. The lowest BCUT2D eigenvalue weighted by atomic mass is 10.1. The number of amides is 1. The van der Waals surface area contributed by atoms with Gasteiger partial charge in [-0.25, -0.2) is 0 Å². The van der Waals surface area contributed by atoms with Crippen molar-refractivity contribution in [1.29, 1.82) is 0 Å². The third-order valence-corrected chi connectivity index (χ3v) is 4.36. The summed E-state index contributed by atoms with van der Waals surface area (Å²) in [4.78, 5) is 12.4. The molecule has 0 aliphatic heterocycles. The number of carbonyl (C=O) groups is 1. The first kappa shape index (κ1) is 15.8. The van der Waals surface area contributed by atoms with Crippen molar-refractivity contribution in [1.82, 2.24) is 9.78 Å². The van der Waals surface area contributed by atoms with Gasteiger partial charge in [-0.15, -0.1) is 0 Å². The molecule has 1 aromatic heterocycles. The summed E-state index contributed by atoms with van der Waals surface area (Å²) in [7, 11) is 0. The average molecular weight is 350 g/mol. The van der Waals surface area contributed by atoms with Gasteiger partial charge in [0.2, 0.25) is 0 Å². The Labute approximate surface area is 133 Å². The Hall–Kier alpha value is -1.62. The molecule has 0 aliphatic carbocycles. The van der Waals surface area contributed by atoms with E-state index >= 15 is 0 Å². The molecule has 2 aromatic rings. The molecule has 0 fully saturated rings. The fraction of sp³-hybridized carbons (Fsp3) is 0.375. The molecule has 4 nitrogen and oxygen atoms in total. The lowest BCUT2D eigenvalue weighted by Gasteiger charge is -2.10. The van der Waals surface area contributed by atoms with E-state index in [1.54, 1.807) is 0 Å². The summed E-state index contributed by atoms with van der Waals surface area (Å²) >= 11 is 3.44. The Balaban J connectivity index is 2.29. The van der Waals surface area contributed by atoms with Crippen LogP contribution in [0.3, 0.4) is 0 Å². The fourth-order valence-corrected chi connectivity index (χ4v) is 2.56. The molecule has 21 heavy (non-hydrogen) atoms. The third kappa shape index (κ3) is 3.18. The number of hydrogen-bond acceptors (Lipinski definition) is 2. The zero-order valence-electron chi connectivity index (χ0n) is 13.0. The molecule has 0 aliphatic rings. The Kier molecular flexibility index (Phi) is 4.52. The summed E-state index contributed by atoms with van der Waals surface area (Å²) in [5, 5.41) is 7.46. The first-order chi connectivity index (χ1) is 9.81. The van der Waals surface area contributed by atoms with Crippen LogP contribution in [0.25, 0.3) is 0 Å². The lowest BCUT2D eigenvalue weighted by Crippen LogP contribution is -2.13. The number of aromatic nitrogens is 2. The predicted octanol–water partition coefficient (Wildman–Crippen LogP) is 4.40. The van der Waals surface area contributed by atoms with Crippen molar-refractivity contribution in [2.75, 3.05) is 5.32 Å².